The van der Waals surface area contributed by atoms with E-state index in [-0.39, 0.29) is 0 Å². The molecule has 3 heteroatoms. The van der Waals surface area contributed by atoms with E-state index < -0.39 is 0 Å². The van der Waals surface area contributed by atoms with E-state index in [1.54, 1.807) is 0 Å². The summed E-state index contributed by atoms with van der Waals surface area (Å²) in [5.74, 6) is 0. The van der Waals surface area contributed by atoms with Crippen LogP contribution in [0.1, 0.15) is 0 Å². The molecule has 0 N–H and O–H groups in total. The minimum absolute atomic E-state index is 1.15. The average molecular weight is 660 g/mol. The summed E-state index contributed by atoms with van der Waals surface area (Å²) >= 11 is 3.77. The lowest BCUT2D eigenvalue weighted by Gasteiger charge is -2.28. The molecule has 0 fully saturated rings. The van der Waals surface area contributed by atoms with Crippen molar-refractivity contribution < 1.29 is 0 Å². The van der Waals surface area contributed by atoms with Crippen molar-refractivity contribution in [1.29, 1.82) is 0 Å². The predicted molar refractivity (Wildman–Crippen MR) is 215 cm³/mol. The third-order valence-corrected chi connectivity index (χ3v) is 12.1. The lowest BCUT2D eigenvalue weighted by molar-refractivity contribution is 1.31. The quantitative estimate of drug-likeness (QED) is 0.178. The van der Waals surface area contributed by atoms with Crippen LogP contribution in [0.5, 0.6) is 0 Å². The van der Waals surface area contributed by atoms with Gasteiger partial charge in [0, 0.05) is 46.9 Å². The molecule has 0 unspecified atom stereocenters. The first-order valence-corrected chi connectivity index (χ1v) is 18.2. The molecule has 0 saturated heterocycles. The van der Waals surface area contributed by atoms with Gasteiger partial charge in [-0.2, -0.15) is 0 Å². The van der Waals surface area contributed by atoms with E-state index in [2.05, 4.69) is 181 Å². The first-order valence-electron chi connectivity index (χ1n) is 16.6. The van der Waals surface area contributed by atoms with Crippen LogP contribution < -0.4 is 4.90 Å². The van der Waals surface area contributed by atoms with Gasteiger partial charge in [-0.05, 0) is 63.9 Å². The number of para-hydroxylation sites is 1. The van der Waals surface area contributed by atoms with Gasteiger partial charge >= 0.3 is 0 Å². The fourth-order valence-electron chi connectivity index (χ4n) is 7.36. The summed E-state index contributed by atoms with van der Waals surface area (Å²) in [7, 11) is 0. The zero-order valence-corrected chi connectivity index (χ0v) is 28.1. The maximum Gasteiger partial charge on any atom is 0.0640 e. The Hall–Kier alpha value is -5.74. The van der Waals surface area contributed by atoms with Gasteiger partial charge in [-0.3, -0.25) is 0 Å². The minimum atomic E-state index is 1.15. The maximum absolute atomic E-state index is 2.49. The standard InChI is InChI=1S/C46H29NS2/c1-2-13-31(14-3-1)36-18-10-19-39-40-20-11-22-42(46(40)49-45(36)39)47(34-26-27-38-37-17-7-9-23-43(37)48-44(38)29-34)41-21-8-6-16-35(41)33-25-24-30-12-4-5-15-32(30)28-33/h1-29H. The predicted octanol–water partition coefficient (Wildman–Crippen LogP) is 14.4. The van der Waals surface area contributed by atoms with Crippen LogP contribution in [0.15, 0.2) is 176 Å². The van der Waals surface area contributed by atoms with Gasteiger partial charge in [0.25, 0.3) is 0 Å². The number of thiophene rings is 2. The molecule has 0 atom stereocenters. The van der Waals surface area contributed by atoms with Gasteiger partial charge in [0.15, 0.2) is 0 Å². The Morgan fingerprint density at radius 3 is 1.94 bits per heavy atom. The van der Waals surface area contributed by atoms with Crippen LogP contribution in [0.4, 0.5) is 17.1 Å². The summed E-state index contributed by atoms with van der Waals surface area (Å²) in [5, 5.41) is 7.70. The third kappa shape index (κ3) is 4.66. The monoisotopic (exact) mass is 659 g/mol. The number of nitrogens with zero attached hydrogens (tertiary/aromatic N) is 1. The molecule has 49 heavy (non-hydrogen) atoms. The molecule has 0 amide bonds. The molecular formula is C46H29NS2. The van der Waals surface area contributed by atoms with Gasteiger partial charge < -0.3 is 4.90 Å². The lowest BCUT2D eigenvalue weighted by atomic mass is 9.98. The van der Waals surface area contributed by atoms with Crippen molar-refractivity contribution in [2.45, 2.75) is 0 Å². The van der Waals surface area contributed by atoms with Gasteiger partial charge in [-0.15, -0.1) is 22.7 Å². The van der Waals surface area contributed by atoms with E-state index in [1.807, 2.05) is 22.7 Å². The molecule has 2 heterocycles. The number of hydrogen-bond donors (Lipinski definition) is 0. The molecule has 0 bridgehead atoms. The Balaban J connectivity index is 1.25. The Morgan fingerprint density at radius 2 is 1.02 bits per heavy atom. The highest BCUT2D eigenvalue weighted by atomic mass is 32.1. The zero-order chi connectivity index (χ0) is 32.3. The molecule has 10 aromatic rings. The van der Waals surface area contributed by atoms with Crippen LogP contribution in [0, 0.1) is 0 Å². The van der Waals surface area contributed by atoms with E-state index in [0.29, 0.717) is 0 Å². The van der Waals surface area contributed by atoms with Gasteiger partial charge in [0.1, 0.15) is 0 Å². The third-order valence-electron chi connectivity index (χ3n) is 9.66. The van der Waals surface area contributed by atoms with E-state index in [1.165, 1.54) is 79.1 Å². The van der Waals surface area contributed by atoms with Crippen molar-refractivity contribution in [3.05, 3.63) is 176 Å². The Labute approximate surface area is 292 Å². The maximum atomic E-state index is 2.49. The topological polar surface area (TPSA) is 3.24 Å². The van der Waals surface area contributed by atoms with Crippen molar-refractivity contribution >= 4 is 90.9 Å². The van der Waals surface area contributed by atoms with Crippen molar-refractivity contribution in [1.82, 2.24) is 0 Å². The number of benzene rings is 8. The Bertz CT molecular complexity index is 2840. The van der Waals surface area contributed by atoms with Crippen LogP contribution >= 0.6 is 22.7 Å². The summed E-state index contributed by atoms with van der Waals surface area (Å²) in [6, 6.07) is 64.4. The molecule has 0 aliphatic heterocycles. The van der Waals surface area contributed by atoms with E-state index >= 15 is 0 Å². The number of rotatable bonds is 5. The molecule has 0 spiro atoms. The molecule has 10 rings (SSSR count). The van der Waals surface area contributed by atoms with Crippen molar-refractivity contribution in [2.24, 2.45) is 0 Å². The SMILES string of the molecule is c1ccc(-c2cccc3c2sc2c(N(c4ccc5c(c4)sc4ccccc45)c4ccccc4-c4ccc5ccccc5c4)cccc23)cc1. The van der Waals surface area contributed by atoms with Gasteiger partial charge in [0.05, 0.1) is 16.1 Å². The summed E-state index contributed by atoms with van der Waals surface area (Å²) in [6.45, 7) is 0. The molecule has 8 aromatic carbocycles. The number of anilines is 3. The fraction of sp³-hybridized carbons (Fsp3) is 0. The molecule has 1 nitrogen and oxygen atoms in total. The highest BCUT2D eigenvalue weighted by Crippen LogP contribution is 2.49. The summed E-state index contributed by atoms with van der Waals surface area (Å²) < 4.78 is 5.21. The summed E-state index contributed by atoms with van der Waals surface area (Å²) in [6.07, 6.45) is 0. The van der Waals surface area contributed by atoms with Crippen LogP contribution in [-0.4, -0.2) is 0 Å². The second kappa shape index (κ2) is 11.5. The smallest absolute Gasteiger partial charge is 0.0640 e. The van der Waals surface area contributed by atoms with Crippen LogP contribution in [-0.2, 0) is 0 Å². The van der Waals surface area contributed by atoms with E-state index in [4.69, 9.17) is 0 Å². The largest absolute Gasteiger partial charge is 0.308 e. The van der Waals surface area contributed by atoms with Gasteiger partial charge in [-0.1, -0.05) is 140 Å². The van der Waals surface area contributed by atoms with Crippen LogP contribution in [0.3, 0.4) is 0 Å². The average Bonchev–Trinajstić information content (AvgIpc) is 3.74. The zero-order valence-electron chi connectivity index (χ0n) is 26.5. The van der Waals surface area contributed by atoms with Gasteiger partial charge in [0.2, 0.25) is 0 Å². The first-order chi connectivity index (χ1) is 24.3. The van der Waals surface area contributed by atoms with E-state index in [9.17, 15) is 0 Å². The Kier molecular flexibility index (Phi) is 6.61. The molecule has 230 valence electrons. The number of fused-ring (bicyclic) bond motifs is 7. The van der Waals surface area contributed by atoms with Crippen molar-refractivity contribution in [3.8, 4) is 22.3 Å². The van der Waals surface area contributed by atoms with Gasteiger partial charge in [-0.25, -0.2) is 0 Å². The second-order valence-corrected chi connectivity index (χ2v) is 14.6. The highest BCUT2D eigenvalue weighted by molar-refractivity contribution is 7.27. The fourth-order valence-corrected chi connectivity index (χ4v) is 9.84. The second-order valence-electron chi connectivity index (χ2n) is 12.5. The van der Waals surface area contributed by atoms with Crippen LogP contribution in [0.2, 0.25) is 0 Å². The Morgan fingerprint density at radius 1 is 0.347 bits per heavy atom. The summed E-state index contributed by atoms with van der Waals surface area (Å²) in [5.41, 5.74) is 8.43. The highest BCUT2D eigenvalue weighted by Gasteiger charge is 2.22. The molecule has 0 radical (unpaired) electrons. The van der Waals surface area contributed by atoms with E-state index in [0.717, 1.165) is 11.4 Å². The molecular weight excluding hydrogens is 631 g/mol. The van der Waals surface area contributed by atoms with Crippen molar-refractivity contribution in [3.63, 3.8) is 0 Å². The molecule has 0 aliphatic carbocycles. The van der Waals surface area contributed by atoms with Crippen LogP contribution in [0.25, 0.3) is 73.4 Å². The number of hydrogen-bond acceptors (Lipinski definition) is 3. The lowest BCUT2D eigenvalue weighted by Crippen LogP contribution is -2.11. The summed E-state index contributed by atoms with van der Waals surface area (Å²) in [4.78, 5) is 2.49. The van der Waals surface area contributed by atoms with Crippen molar-refractivity contribution in [2.75, 3.05) is 4.90 Å². The first kappa shape index (κ1) is 28.3. The normalized spacial score (nSPS) is 11.7. The molecule has 0 saturated carbocycles. The molecule has 2 aromatic heterocycles. The molecule has 0 aliphatic rings. The minimum Gasteiger partial charge on any atom is -0.308 e.